The fourth-order valence-electron chi connectivity index (χ4n) is 2.44. The summed E-state index contributed by atoms with van der Waals surface area (Å²) in [5.41, 5.74) is 0. The van der Waals surface area contributed by atoms with Crippen LogP contribution in [0.2, 0.25) is 0 Å². The standard InChI is InChI=1S/C10H16N2O/c1-2-10(13)12-7-5-8-9(12)4-3-6-11-8/h2,8-9,11H,1,3-7H2. The monoisotopic (exact) mass is 180 g/mol. The predicted octanol–water partition coefficient (Wildman–Crippen LogP) is 0.525. The van der Waals surface area contributed by atoms with Crippen molar-refractivity contribution in [3.63, 3.8) is 0 Å². The van der Waals surface area contributed by atoms with Gasteiger partial charge in [0.2, 0.25) is 5.91 Å². The molecule has 2 aliphatic heterocycles. The van der Waals surface area contributed by atoms with Crippen LogP contribution in [0.25, 0.3) is 0 Å². The van der Waals surface area contributed by atoms with E-state index in [1.54, 1.807) is 0 Å². The van der Waals surface area contributed by atoms with E-state index >= 15 is 0 Å². The first-order valence-corrected chi connectivity index (χ1v) is 4.99. The van der Waals surface area contributed by atoms with E-state index in [9.17, 15) is 4.79 Å². The minimum Gasteiger partial charge on any atom is -0.335 e. The van der Waals surface area contributed by atoms with Crippen molar-refractivity contribution in [3.8, 4) is 0 Å². The largest absolute Gasteiger partial charge is 0.335 e. The Kier molecular flexibility index (Phi) is 2.36. The predicted molar refractivity (Wildman–Crippen MR) is 51.3 cm³/mol. The summed E-state index contributed by atoms with van der Waals surface area (Å²) in [7, 11) is 0. The average molecular weight is 180 g/mol. The Balaban J connectivity index is 2.06. The van der Waals surface area contributed by atoms with Crippen LogP contribution >= 0.6 is 0 Å². The van der Waals surface area contributed by atoms with Gasteiger partial charge in [0.15, 0.2) is 0 Å². The summed E-state index contributed by atoms with van der Waals surface area (Å²) in [5, 5.41) is 3.46. The number of carbonyl (C=O) groups is 1. The normalized spacial score (nSPS) is 32.8. The van der Waals surface area contributed by atoms with Gasteiger partial charge in [0.1, 0.15) is 0 Å². The van der Waals surface area contributed by atoms with Crippen LogP contribution in [0.1, 0.15) is 19.3 Å². The summed E-state index contributed by atoms with van der Waals surface area (Å²) in [4.78, 5) is 13.4. The van der Waals surface area contributed by atoms with Crippen molar-refractivity contribution >= 4 is 5.91 Å². The maximum atomic E-state index is 11.4. The second-order valence-electron chi connectivity index (χ2n) is 3.79. The summed E-state index contributed by atoms with van der Waals surface area (Å²) in [6, 6.07) is 0.969. The summed E-state index contributed by atoms with van der Waals surface area (Å²) >= 11 is 0. The van der Waals surface area contributed by atoms with Crippen molar-refractivity contribution in [3.05, 3.63) is 12.7 Å². The minimum atomic E-state index is 0.0937. The maximum absolute atomic E-state index is 11.4. The number of carbonyl (C=O) groups excluding carboxylic acids is 1. The molecule has 2 heterocycles. The van der Waals surface area contributed by atoms with Crippen molar-refractivity contribution in [1.82, 2.24) is 10.2 Å². The van der Waals surface area contributed by atoms with Gasteiger partial charge in [-0.15, -0.1) is 0 Å². The van der Waals surface area contributed by atoms with E-state index < -0.39 is 0 Å². The fraction of sp³-hybridized carbons (Fsp3) is 0.700. The summed E-state index contributed by atoms with van der Waals surface area (Å²) in [5.74, 6) is 0.0937. The van der Waals surface area contributed by atoms with Crippen LogP contribution in [0, 0.1) is 0 Å². The van der Waals surface area contributed by atoms with Crippen LogP contribution in [0.4, 0.5) is 0 Å². The Morgan fingerprint density at radius 3 is 3.15 bits per heavy atom. The Morgan fingerprint density at radius 1 is 1.54 bits per heavy atom. The van der Waals surface area contributed by atoms with Gasteiger partial charge >= 0.3 is 0 Å². The van der Waals surface area contributed by atoms with E-state index in [1.807, 2.05) is 4.90 Å². The summed E-state index contributed by atoms with van der Waals surface area (Å²) in [6.45, 7) is 5.54. The lowest BCUT2D eigenvalue weighted by atomic mass is 9.99. The van der Waals surface area contributed by atoms with Gasteiger partial charge in [-0.05, 0) is 31.9 Å². The van der Waals surface area contributed by atoms with Gasteiger partial charge in [0, 0.05) is 18.6 Å². The lowest BCUT2D eigenvalue weighted by Gasteiger charge is -2.31. The molecule has 0 radical (unpaired) electrons. The second-order valence-corrected chi connectivity index (χ2v) is 3.79. The topological polar surface area (TPSA) is 32.3 Å². The maximum Gasteiger partial charge on any atom is 0.246 e. The van der Waals surface area contributed by atoms with Crippen LogP contribution in [-0.4, -0.2) is 36.0 Å². The Morgan fingerprint density at radius 2 is 2.38 bits per heavy atom. The van der Waals surface area contributed by atoms with Gasteiger partial charge in [-0.2, -0.15) is 0 Å². The van der Waals surface area contributed by atoms with E-state index in [0.29, 0.717) is 12.1 Å². The zero-order valence-corrected chi connectivity index (χ0v) is 7.83. The quantitative estimate of drug-likeness (QED) is 0.597. The third-order valence-corrected chi connectivity index (χ3v) is 3.09. The number of fused-ring (bicyclic) bond motifs is 1. The molecule has 2 aliphatic rings. The molecular formula is C10H16N2O. The SMILES string of the molecule is C=CC(=O)N1CCC2NCCCC21. The number of piperidine rings is 1. The molecule has 1 amide bonds. The first kappa shape index (κ1) is 8.75. The Labute approximate surface area is 78.8 Å². The smallest absolute Gasteiger partial charge is 0.246 e. The number of nitrogens with one attached hydrogen (secondary N) is 1. The van der Waals surface area contributed by atoms with Crippen molar-refractivity contribution in [2.75, 3.05) is 13.1 Å². The van der Waals surface area contributed by atoms with Gasteiger partial charge < -0.3 is 10.2 Å². The van der Waals surface area contributed by atoms with E-state index in [1.165, 1.54) is 12.5 Å². The van der Waals surface area contributed by atoms with Crippen LogP contribution in [0.5, 0.6) is 0 Å². The van der Waals surface area contributed by atoms with Crippen molar-refractivity contribution in [2.45, 2.75) is 31.3 Å². The average Bonchev–Trinajstić information content (AvgIpc) is 2.60. The van der Waals surface area contributed by atoms with E-state index in [2.05, 4.69) is 11.9 Å². The zero-order chi connectivity index (χ0) is 9.26. The fourth-order valence-corrected chi connectivity index (χ4v) is 2.44. The number of amides is 1. The van der Waals surface area contributed by atoms with Crippen LogP contribution in [0.3, 0.4) is 0 Å². The number of hydrogen-bond acceptors (Lipinski definition) is 2. The molecule has 0 saturated carbocycles. The molecule has 0 aliphatic carbocycles. The molecule has 0 bridgehead atoms. The molecule has 3 nitrogen and oxygen atoms in total. The van der Waals surface area contributed by atoms with Gasteiger partial charge in [0.25, 0.3) is 0 Å². The molecule has 2 atom stereocenters. The molecule has 72 valence electrons. The molecule has 2 rings (SSSR count). The Bertz CT molecular complexity index is 227. The van der Waals surface area contributed by atoms with Gasteiger partial charge in [-0.1, -0.05) is 6.58 Å². The van der Waals surface area contributed by atoms with E-state index in [-0.39, 0.29) is 5.91 Å². The molecule has 3 heteroatoms. The van der Waals surface area contributed by atoms with E-state index in [0.717, 1.165) is 25.9 Å². The van der Waals surface area contributed by atoms with Crippen molar-refractivity contribution < 1.29 is 4.79 Å². The first-order valence-electron chi connectivity index (χ1n) is 4.99. The van der Waals surface area contributed by atoms with Crippen LogP contribution < -0.4 is 5.32 Å². The number of likely N-dealkylation sites (tertiary alicyclic amines) is 1. The molecule has 2 saturated heterocycles. The summed E-state index contributed by atoms with van der Waals surface area (Å²) < 4.78 is 0. The number of hydrogen-bond donors (Lipinski definition) is 1. The highest BCUT2D eigenvalue weighted by atomic mass is 16.2. The molecule has 0 aromatic carbocycles. The highest BCUT2D eigenvalue weighted by Gasteiger charge is 2.36. The van der Waals surface area contributed by atoms with Crippen molar-refractivity contribution in [1.29, 1.82) is 0 Å². The lowest BCUT2D eigenvalue weighted by Crippen LogP contribution is -2.48. The molecule has 0 aromatic heterocycles. The van der Waals surface area contributed by atoms with Crippen molar-refractivity contribution in [2.24, 2.45) is 0 Å². The Hall–Kier alpha value is -0.830. The molecule has 13 heavy (non-hydrogen) atoms. The third kappa shape index (κ3) is 1.48. The molecule has 2 fully saturated rings. The summed E-state index contributed by atoms with van der Waals surface area (Å²) in [6.07, 6.45) is 4.86. The molecule has 1 N–H and O–H groups in total. The third-order valence-electron chi connectivity index (χ3n) is 3.09. The van der Waals surface area contributed by atoms with Gasteiger partial charge in [-0.25, -0.2) is 0 Å². The van der Waals surface area contributed by atoms with E-state index in [4.69, 9.17) is 0 Å². The molecule has 0 aromatic rings. The van der Waals surface area contributed by atoms with Gasteiger partial charge in [-0.3, -0.25) is 4.79 Å². The lowest BCUT2D eigenvalue weighted by molar-refractivity contribution is -0.127. The number of rotatable bonds is 1. The van der Waals surface area contributed by atoms with Crippen LogP contribution in [-0.2, 0) is 4.79 Å². The van der Waals surface area contributed by atoms with Crippen LogP contribution in [0.15, 0.2) is 12.7 Å². The molecule has 2 unspecified atom stereocenters. The molecule has 0 spiro atoms. The molecular weight excluding hydrogens is 164 g/mol. The zero-order valence-electron chi connectivity index (χ0n) is 7.83. The first-order chi connectivity index (χ1) is 6.33. The minimum absolute atomic E-state index is 0.0937. The highest BCUT2D eigenvalue weighted by molar-refractivity contribution is 5.87. The highest BCUT2D eigenvalue weighted by Crippen LogP contribution is 2.24. The number of nitrogens with zero attached hydrogens (tertiary/aromatic N) is 1. The van der Waals surface area contributed by atoms with Gasteiger partial charge in [0.05, 0.1) is 0 Å². The second kappa shape index (κ2) is 3.50.